The third kappa shape index (κ3) is 2.51. The van der Waals surface area contributed by atoms with Gasteiger partial charge < -0.3 is 0 Å². The summed E-state index contributed by atoms with van der Waals surface area (Å²) in [6.07, 6.45) is 7.05. The minimum absolute atomic E-state index is 0.624. The second kappa shape index (κ2) is 5.24. The largest absolute Gasteiger partial charge is 0.261 e. The standard InChI is InChI=1S/C17H16N2/c18-12-13-4-3-7-15(10-13)16-8-9-19-17(11-16)14-5-1-2-6-14/h3-4,7-11,14H,1-2,5-6H2. The van der Waals surface area contributed by atoms with Crippen molar-refractivity contribution in [3.8, 4) is 17.2 Å². The summed E-state index contributed by atoms with van der Waals surface area (Å²) in [6, 6.07) is 14.2. The quantitative estimate of drug-likeness (QED) is 0.795. The fourth-order valence-electron chi connectivity index (χ4n) is 2.84. The van der Waals surface area contributed by atoms with Crippen molar-refractivity contribution in [2.45, 2.75) is 31.6 Å². The van der Waals surface area contributed by atoms with E-state index in [4.69, 9.17) is 5.26 Å². The van der Waals surface area contributed by atoms with Gasteiger partial charge in [-0.25, -0.2) is 0 Å². The zero-order chi connectivity index (χ0) is 13.1. The lowest BCUT2D eigenvalue weighted by atomic mass is 9.98. The number of hydrogen-bond donors (Lipinski definition) is 0. The summed E-state index contributed by atoms with van der Waals surface area (Å²) >= 11 is 0. The highest BCUT2D eigenvalue weighted by atomic mass is 14.7. The van der Waals surface area contributed by atoms with Gasteiger partial charge in [0.05, 0.1) is 11.6 Å². The van der Waals surface area contributed by atoms with Gasteiger partial charge in [-0.1, -0.05) is 25.0 Å². The van der Waals surface area contributed by atoms with Crippen molar-refractivity contribution in [1.82, 2.24) is 4.98 Å². The van der Waals surface area contributed by atoms with Crippen molar-refractivity contribution in [2.24, 2.45) is 0 Å². The van der Waals surface area contributed by atoms with Crippen molar-refractivity contribution in [1.29, 1.82) is 5.26 Å². The van der Waals surface area contributed by atoms with Crippen molar-refractivity contribution in [3.05, 3.63) is 53.9 Å². The molecule has 0 saturated heterocycles. The first-order chi connectivity index (χ1) is 9.36. The Balaban J connectivity index is 1.96. The number of benzene rings is 1. The van der Waals surface area contributed by atoms with Crippen LogP contribution in [0.15, 0.2) is 42.6 Å². The number of aromatic nitrogens is 1. The summed E-state index contributed by atoms with van der Waals surface area (Å²) < 4.78 is 0. The predicted molar refractivity (Wildman–Crippen MR) is 75.6 cm³/mol. The van der Waals surface area contributed by atoms with Gasteiger partial charge in [-0.15, -0.1) is 0 Å². The molecule has 1 aliphatic rings. The first-order valence-electron chi connectivity index (χ1n) is 6.83. The normalized spacial score (nSPS) is 15.3. The second-order valence-electron chi connectivity index (χ2n) is 5.14. The van der Waals surface area contributed by atoms with Crippen LogP contribution in [0.3, 0.4) is 0 Å². The highest BCUT2D eigenvalue weighted by Gasteiger charge is 2.18. The summed E-state index contributed by atoms with van der Waals surface area (Å²) in [5.74, 6) is 0.624. The van der Waals surface area contributed by atoms with Crippen LogP contribution in [0.2, 0.25) is 0 Å². The van der Waals surface area contributed by atoms with Crippen molar-refractivity contribution >= 4 is 0 Å². The van der Waals surface area contributed by atoms with Crippen LogP contribution in [0, 0.1) is 11.3 Å². The summed E-state index contributed by atoms with van der Waals surface area (Å²) in [6.45, 7) is 0. The van der Waals surface area contributed by atoms with Gasteiger partial charge in [-0.3, -0.25) is 4.98 Å². The van der Waals surface area contributed by atoms with Crippen LogP contribution >= 0.6 is 0 Å². The molecule has 0 atom stereocenters. The summed E-state index contributed by atoms with van der Waals surface area (Å²) in [5.41, 5.74) is 4.17. The molecule has 0 radical (unpaired) electrons. The minimum Gasteiger partial charge on any atom is -0.261 e. The van der Waals surface area contributed by atoms with Crippen molar-refractivity contribution in [2.75, 3.05) is 0 Å². The maximum Gasteiger partial charge on any atom is 0.0991 e. The molecule has 1 aliphatic carbocycles. The molecule has 3 rings (SSSR count). The molecule has 2 nitrogen and oxygen atoms in total. The summed E-state index contributed by atoms with van der Waals surface area (Å²) in [7, 11) is 0. The van der Waals surface area contributed by atoms with E-state index < -0.39 is 0 Å². The first kappa shape index (κ1) is 11.9. The zero-order valence-electron chi connectivity index (χ0n) is 10.8. The maximum atomic E-state index is 8.97. The average Bonchev–Trinajstić information content (AvgIpc) is 3.02. The Labute approximate surface area is 113 Å². The Morgan fingerprint density at radius 2 is 1.84 bits per heavy atom. The molecule has 0 N–H and O–H groups in total. The molecule has 1 heterocycles. The summed E-state index contributed by atoms with van der Waals surface area (Å²) in [5, 5.41) is 8.97. The molecule has 19 heavy (non-hydrogen) atoms. The number of nitrogens with zero attached hydrogens (tertiary/aromatic N) is 2. The molecule has 94 valence electrons. The smallest absolute Gasteiger partial charge is 0.0991 e. The second-order valence-corrected chi connectivity index (χ2v) is 5.14. The molecular weight excluding hydrogens is 232 g/mol. The van der Waals surface area contributed by atoms with E-state index >= 15 is 0 Å². The van der Waals surface area contributed by atoms with E-state index in [1.54, 1.807) is 0 Å². The zero-order valence-corrected chi connectivity index (χ0v) is 10.8. The Morgan fingerprint density at radius 1 is 1.05 bits per heavy atom. The molecule has 1 fully saturated rings. The molecule has 0 aliphatic heterocycles. The van der Waals surface area contributed by atoms with Crippen LogP contribution in [-0.2, 0) is 0 Å². The van der Waals surface area contributed by atoms with Crippen LogP contribution in [0.5, 0.6) is 0 Å². The van der Waals surface area contributed by atoms with E-state index in [-0.39, 0.29) is 0 Å². The monoisotopic (exact) mass is 248 g/mol. The van der Waals surface area contributed by atoms with Gasteiger partial charge in [-0.05, 0) is 48.2 Å². The fourth-order valence-corrected chi connectivity index (χ4v) is 2.84. The van der Waals surface area contributed by atoms with E-state index in [0.717, 1.165) is 11.1 Å². The number of rotatable bonds is 2. The van der Waals surface area contributed by atoms with E-state index in [2.05, 4.69) is 23.2 Å². The molecule has 1 aromatic carbocycles. The van der Waals surface area contributed by atoms with Gasteiger partial charge in [0.15, 0.2) is 0 Å². The molecule has 2 heteroatoms. The Bertz CT molecular complexity index is 619. The van der Waals surface area contributed by atoms with E-state index in [1.807, 2.05) is 30.5 Å². The predicted octanol–water partition coefficient (Wildman–Crippen LogP) is 4.28. The molecule has 1 saturated carbocycles. The van der Waals surface area contributed by atoms with Gasteiger partial charge in [0.25, 0.3) is 0 Å². The van der Waals surface area contributed by atoms with Crippen LogP contribution < -0.4 is 0 Å². The van der Waals surface area contributed by atoms with Crippen molar-refractivity contribution in [3.63, 3.8) is 0 Å². The average molecular weight is 248 g/mol. The Kier molecular flexibility index (Phi) is 3.29. The van der Waals surface area contributed by atoms with Gasteiger partial charge >= 0.3 is 0 Å². The van der Waals surface area contributed by atoms with Gasteiger partial charge in [0, 0.05) is 17.8 Å². The van der Waals surface area contributed by atoms with Crippen LogP contribution in [0.25, 0.3) is 11.1 Å². The van der Waals surface area contributed by atoms with Crippen molar-refractivity contribution < 1.29 is 0 Å². The number of nitriles is 1. The molecule has 0 amide bonds. The highest BCUT2D eigenvalue weighted by molar-refractivity contribution is 5.65. The molecule has 1 aromatic heterocycles. The first-order valence-corrected chi connectivity index (χ1v) is 6.83. The molecule has 0 spiro atoms. The lowest BCUT2D eigenvalue weighted by Gasteiger charge is -2.10. The SMILES string of the molecule is N#Cc1cccc(-c2ccnc(C3CCCC3)c2)c1. The number of pyridine rings is 1. The maximum absolute atomic E-state index is 8.97. The van der Waals surface area contributed by atoms with Gasteiger partial charge in [-0.2, -0.15) is 5.26 Å². The Morgan fingerprint density at radius 3 is 2.63 bits per heavy atom. The van der Waals surface area contributed by atoms with Crippen LogP contribution in [-0.4, -0.2) is 4.98 Å². The Hall–Kier alpha value is -2.14. The lowest BCUT2D eigenvalue weighted by Crippen LogP contribution is -1.96. The minimum atomic E-state index is 0.624. The van der Waals surface area contributed by atoms with E-state index in [1.165, 1.54) is 31.4 Å². The molecular formula is C17H16N2. The van der Waals surface area contributed by atoms with Gasteiger partial charge in [0.2, 0.25) is 0 Å². The third-order valence-electron chi connectivity index (χ3n) is 3.88. The van der Waals surface area contributed by atoms with Crippen LogP contribution in [0.4, 0.5) is 0 Å². The molecule has 2 aromatic rings. The van der Waals surface area contributed by atoms with Crippen LogP contribution in [0.1, 0.15) is 42.9 Å². The van der Waals surface area contributed by atoms with E-state index in [0.29, 0.717) is 11.5 Å². The topological polar surface area (TPSA) is 36.7 Å². The number of hydrogen-bond acceptors (Lipinski definition) is 2. The fraction of sp³-hybridized carbons (Fsp3) is 0.294. The molecule has 0 unspecified atom stereocenters. The van der Waals surface area contributed by atoms with Gasteiger partial charge in [0.1, 0.15) is 0 Å². The highest BCUT2D eigenvalue weighted by Crippen LogP contribution is 2.34. The lowest BCUT2D eigenvalue weighted by molar-refractivity contribution is 0.698. The summed E-state index contributed by atoms with van der Waals surface area (Å²) in [4.78, 5) is 4.52. The molecule has 0 bridgehead atoms. The van der Waals surface area contributed by atoms with E-state index in [9.17, 15) is 0 Å². The third-order valence-corrected chi connectivity index (χ3v) is 3.88.